The third-order valence-electron chi connectivity index (χ3n) is 9.06. The Bertz CT molecular complexity index is 996. The second-order valence-corrected chi connectivity index (χ2v) is 10.8. The lowest BCUT2D eigenvalue weighted by atomic mass is 9.42. The van der Waals surface area contributed by atoms with Crippen molar-refractivity contribution in [1.82, 2.24) is 4.98 Å². The summed E-state index contributed by atoms with van der Waals surface area (Å²) in [5.41, 5.74) is -1.62. The number of pyridine rings is 1. The van der Waals surface area contributed by atoms with E-state index in [1.165, 1.54) is 0 Å². The molecule has 4 aliphatic rings. The highest BCUT2D eigenvalue weighted by Gasteiger charge is 2.69. The minimum atomic E-state index is -1.42. The van der Waals surface area contributed by atoms with E-state index in [4.69, 9.17) is 9.47 Å². The molecule has 2 aliphatic carbocycles. The van der Waals surface area contributed by atoms with E-state index >= 15 is 0 Å². The summed E-state index contributed by atoms with van der Waals surface area (Å²) in [5.74, 6) is -0.176. The molecule has 0 saturated heterocycles. The predicted molar refractivity (Wildman–Crippen MR) is 118 cm³/mol. The van der Waals surface area contributed by atoms with Crippen LogP contribution in [0.25, 0.3) is 5.76 Å². The maximum atomic E-state index is 11.7. The van der Waals surface area contributed by atoms with Crippen LogP contribution in [-0.4, -0.2) is 67.3 Å². The number of aliphatic hydroxyl groups is 5. The van der Waals surface area contributed by atoms with Gasteiger partial charge in [0.2, 0.25) is 6.29 Å². The van der Waals surface area contributed by atoms with Crippen molar-refractivity contribution < 1.29 is 35.0 Å². The topological polar surface area (TPSA) is 132 Å². The Kier molecular flexibility index (Phi) is 5.19. The Balaban J connectivity index is 1.61. The maximum absolute atomic E-state index is 11.7. The fraction of sp³-hybridized carbons (Fsp3) is 0.640. The molecule has 1 aromatic rings. The number of hydrogen-bond acceptors (Lipinski definition) is 8. The Morgan fingerprint density at radius 3 is 2.55 bits per heavy atom. The molecule has 0 bridgehead atoms. The fourth-order valence-corrected chi connectivity index (χ4v) is 7.19. The third-order valence-corrected chi connectivity index (χ3v) is 9.06. The number of aromatic nitrogens is 1. The van der Waals surface area contributed by atoms with Gasteiger partial charge < -0.3 is 35.0 Å². The molecule has 2 fully saturated rings. The van der Waals surface area contributed by atoms with Crippen molar-refractivity contribution >= 4 is 5.76 Å². The molecule has 4 unspecified atom stereocenters. The van der Waals surface area contributed by atoms with E-state index in [0.29, 0.717) is 36.3 Å². The van der Waals surface area contributed by atoms with Gasteiger partial charge in [-0.2, -0.15) is 0 Å². The average Bonchev–Trinajstić information content (AvgIpc) is 2.78. The zero-order valence-corrected chi connectivity index (χ0v) is 19.2. The van der Waals surface area contributed by atoms with Crippen LogP contribution < -0.4 is 0 Å². The summed E-state index contributed by atoms with van der Waals surface area (Å²) in [6, 6.07) is 3.55. The van der Waals surface area contributed by atoms with E-state index < -0.39 is 47.0 Å². The molecule has 33 heavy (non-hydrogen) atoms. The minimum Gasteiger partial charge on any atom is -0.484 e. The molecule has 5 rings (SSSR count). The van der Waals surface area contributed by atoms with Crippen molar-refractivity contribution in [3.8, 4) is 0 Å². The first-order valence-corrected chi connectivity index (χ1v) is 11.6. The quantitative estimate of drug-likeness (QED) is 0.448. The van der Waals surface area contributed by atoms with Crippen LogP contribution in [0.5, 0.6) is 0 Å². The first-order chi connectivity index (χ1) is 15.6. The lowest BCUT2D eigenvalue weighted by molar-refractivity contribution is -0.275. The summed E-state index contributed by atoms with van der Waals surface area (Å²) in [5, 5.41) is 54.9. The average molecular weight is 460 g/mol. The first-order valence-electron chi connectivity index (χ1n) is 11.6. The Morgan fingerprint density at radius 1 is 1.12 bits per heavy atom. The zero-order valence-electron chi connectivity index (χ0n) is 19.2. The van der Waals surface area contributed by atoms with Crippen molar-refractivity contribution in [2.24, 2.45) is 22.7 Å². The second-order valence-electron chi connectivity index (χ2n) is 10.8. The first kappa shape index (κ1) is 22.8. The number of rotatable bonds is 2. The van der Waals surface area contributed by atoms with E-state index in [1.807, 2.05) is 13.8 Å². The van der Waals surface area contributed by atoms with Gasteiger partial charge in [0.05, 0.1) is 30.5 Å². The molecule has 180 valence electrons. The number of fused-ring (bicyclic) bond motifs is 3. The molecule has 0 aromatic carbocycles. The lowest BCUT2D eigenvalue weighted by Gasteiger charge is -2.66. The van der Waals surface area contributed by atoms with Crippen molar-refractivity contribution in [2.45, 2.75) is 70.2 Å². The molecular formula is C25H33NO7. The van der Waals surface area contributed by atoms with Gasteiger partial charge >= 0.3 is 0 Å². The largest absolute Gasteiger partial charge is 0.484 e. The molecule has 8 heteroatoms. The number of allylic oxidation sites excluding steroid dienone is 1. The number of hydrogen-bond donors (Lipinski definition) is 5. The van der Waals surface area contributed by atoms with E-state index in [-0.39, 0.29) is 18.1 Å². The smallest absolute Gasteiger partial charge is 0.226 e. The summed E-state index contributed by atoms with van der Waals surface area (Å²) < 4.78 is 12.2. The summed E-state index contributed by atoms with van der Waals surface area (Å²) in [4.78, 5) is 4.09. The molecule has 0 spiro atoms. The molecule has 2 saturated carbocycles. The number of nitrogens with zero attached hydrogens (tertiary/aromatic N) is 1. The van der Waals surface area contributed by atoms with Gasteiger partial charge in [0.25, 0.3) is 0 Å². The van der Waals surface area contributed by atoms with Gasteiger partial charge in [-0.05, 0) is 49.7 Å². The monoisotopic (exact) mass is 459 g/mol. The van der Waals surface area contributed by atoms with Crippen LogP contribution in [0.3, 0.4) is 0 Å². The van der Waals surface area contributed by atoms with Gasteiger partial charge in [0, 0.05) is 35.4 Å². The van der Waals surface area contributed by atoms with Crippen LogP contribution >= 0.6 is 0 Å². The van der Waals surface area contributed by atoms with Crippen molar-refractivity contribution in [2.75, 3.05) is 6.61 Å². The number of ether oxygens (including phenoxy) is 2. The van der Waals surface area contributed by atoms with Crippen LogP contribution in [0.15, 0.2) is 41.9 Å². The molecule has 0 radical (unpaired) electrons. The molecule has 1 aromatic heterocycles. The molecule has 3 heterocycles. The Morgan fingerprint density at radius 2 is 1.88 bits per heavy atom. The van der Waals surface area contributed by atoms with E-state index in [0.717, 1.165) is 0 Å². The van der Waals surface area contributed by atoms with E-state index in [1.54, 1.807) is 37.5 Å². The van der Waals surface area contributed by atoms with Crippen LogP contribution in [0, 0.1) is 22.7 Å². The fourth-order valence-electron chi connectivity index (χ4n) is 7.19. The van der Waals surface area contributed by atoms with E-state index in [9.17, 15) is 25.5 Å². The molecule has 9 atom stereocenters. The van der Waals surface area contributed by atoms with Gasteiger partial charge in [-0.25, -0.2) is 0 Å². The number of aliphatic hydroxyl groups excluding tert-OH is 5. The third kappa shape index (κ3) is 3.04. The van der Waals surface area contributed by atoms with Crippen LogP contribution in [0.2, 0.25) is 0 Å². The zero-order chi connectivity index (χ0) is 23.8. The summed E-state index contributed by atoms with van der Waals surface area (Å²) in [7, 11) is 0. The predicted octanol–water partition coefficient (Wildman–Crippen LogP) is 1.33. The maximum Gasteiger partial charge on any atom is 0.226 e. The summed E-state index contributed by atoms with van der Waals surface area (Å²) >= 11 is 0. The molecule has 0 amide bonds. The normalized spacial score (nSPS) is 46.8. The van der Waals surface area contributed by atoms with Crippen LogP contribution in [0.1, 0.15) is 45.6 Å². The SMILES string of the molecule is CC12CC[C@H](O)[C@@](C)(CO)C1C[C@H](O)[C@@]1(C)OC3=C(C(O)OC(c4cccnc4)=C3)[C@H](O)C21. The lowest BCUT2D eigenvalue weighted by Crippen LogP contribution is -2.71. The van der Waals surface area contributed by atoms with Gasteiger partial charge in [0.15, 0.2) is 0 Å². The van der Waals surface area contributed by atoms with Crippen molar-refractivity contribution in [3.05, 3.63) is 47.5 Å². The summed E-state index contributed by atoms with van der Waals surface area (Å²) in [6.45, 7) is 5.46. The highest BCUT2D eigenvalue weighted by atomic mass is 16.6. The molecular weight excluding hydrogens is 426 g/mol. The minimum absolute atomic E-state index is 0.224. The summed E-state index contributed by atoms with van der Waals surface area (Å²) in [6.07, 6.45) is 2.06. The highest BCUT2D eigenvalue weighted by Crippen LogP contribution is 2.65. The van der Waals surface area contributed by atoms with Gasteiger partial charge in [0.1, 0.15) is 17.1 Å². The van der Waals surface area contributed by atoms with Crippen molar-refractivity contribution in [3.63, 3.8) is 0 Å². The van der Waals surface area contributed by atoms with Gasteiger partial charge in [-0.1, -0.05) is 13.8 Å². The highest BCUT2D eigenvalue weighted by molar-refractivity contribution is 5.64. The standard InChI is InChI=1S/C25H33NO7/c1-23-7-6-17(28)24(2,12-27)16(23)10-18(29)25(3)21(23)20(30)19-15(33-25)9-14(32-22(19)31)13-5-4-8-26-11-13/h4-5,8-9,11,16-18,20-22,27-31H,6-7,10,12H2,1-3H3/t16?,17-,18-,20-,21?,22?,23?,24-,25+/m0/s1. The molecule has 5 N–H and O–H groups in total. The molecule has 2 aliphatic heterocycles. The molecule has 8 nitrogen and oxygen atoms in total. The second kappa shape index (κ2) is 7.52. The van der Waals surface area contributed by atoms with Gasteiger partial charge in [-0.3, -0.25) is 4.98 Å². The van der Waals surface area contributed by atoms with Crippen LogP contribution in [0.4, 0.5) is 0 Å². The Hall–Kier alpha value is -1.97. The van der Waals surface area contributed by atoms with Crippen LogP contribution in [-0.2, 0) is 9.47 Å². The van der Waals surface area contributed by atoms with Crippen molar-refractivity contribution in [1.29, 1.82) is 0 Å². The van der Waals surface area contributed by atoms with Gasteiger partial charge in [-0.15, -0.1) is 0 Å². The van der Waals surface area contributed by atoms with E-state index in [2.05, 4.69) is 4.98 Å². The Labute approximate surface area is 193 Å².